The van der Waals surface area contributed by atoms with Crippen LogP contribution in [0.4, 0.5) is 13.2 Å². The fourth-order valence-electron chi connectivity index (χ4n) is 4.74. The van der Waals surface area contributed by atoms with E-state index >= 15 is 0 Å². The second kappa shape index (κ2) is 10.7. The molecule has 188 valence electrons. The summed E-state index contributed by atoms with van der Waals surface area (Å²) in [6, 6.07) is 7.55. The highest BCUT2D eigenvalue weighted by Gasteiger charge is 2.37. The number of rotatable bonds is 6. The maximum atomic E-state index is 13.1. The maximum Gasteiger partial charge on any atom is 0.416 e. The lowest BCUT2D eigenvalue weighted by Gasteiger charge is -2.45. The lowest BCUT2D eigenvalue weighted by atomic mass is 9.88. The summed E-state index contributed by atoms with van der Waals surface area (Å²) in [4.78, 5) is 39.7. The number of pyridine rings is 1. The van der Waals surface area contributed by atoms with E-state index in [0.29, 0.717) is 13.1 Å². The van der Waals surface area contributed by atoms with E-state index in [1.165, 1.54) is 12.1 Å². The van der Waals surface area contributed by atoms with Gasteiger partial charge in [0.2, 0.25) is 5.91 Å². The van der Waals surface area contributed by atoms with Gasteiger partial charge in [0, 0.05) is 46.6 Å². The lowest BCUT2D eigenvalue weighted by Crippen LogP contribution is -2.63. The second-order valence-electron chi connectivity index (χ2n) is 8.93. The molecular weight excluding hydrogens is 576 g/mol. The average Bonchev–Trinajstić information content (AvgIpc) is 2.81. The molecule has 1 saturated carbocycles. The van der Waals surface area contributed by atoms with Gasteiger partial charge in [0.15, 0.2) is 0 Å². The van der Waals surface area contributed by atoms with Gasteiger partial charge in [-0.1, -0.05) is 6.07 Å². The highest BCUT2D eigenvalue weighted by Crippen LogP contribution is 2.32. The van der Waals surface area contributed by atoms with E-state index in [1.807, 2.05) is 11.1 Å². The average molecular weight is 602 g/mol. The quantitative estimate of drug-likeness (QED) is 0.498. The number of nitrogens with zero attached hydrogens (tertiary/aromatic N) is 2. The molecule has 0 atom stereocenters. The van der Waals surface area contributed by atoms with E-state index in [2.05, 4.69) is 33.2 Å². The van der Waals surface area contributed by atoms with Crippen LogP contribution in [0.5, 0.6) is 0 Å². The summed E-state index contributed by atoms with van der Waals surface area (Å²) >= 11 is 2.18. The van der Waals surface area contributed by atoms with E-state index in [0.717, 1.165) is 41.4 Å². The molecule has 0 unspecified atom stereocenters. The Hall–Kier alpha value is -2.41. The van der Waals surface area contributed by atoms with Crippen molar-refractivity contribution in [2.75, 3.05) is 19.6 Å². The van der Waals surface area contributed by atoms with Crippen LogP contribution in [0.1, 0.15) is 47.6 Å². The van der Waals surface area contributed by atoms with Crippen molar-refractivity contribution < 1.29 is 22.8 Å². The molecule has 7 nitrogen and oxygen atoms in total. The molecule has 2 aromatic rings. The SMILES string of the molecule is O=C(NCC(=O)N(C1CCC(n2cc(I)ccc2=O)CC1)C1CNC1)c1cccc(C(F)(F)F)c1. The highest BCUT2D eigenvalue weighted by atomic mass is 127. The first-order chi connectivity index (χ1) is 16.6. The Morgan fingerprint density at radius 3 is 2.43 bits per heavy atom. The molecule has 2 heterocycles. The topological polar surface area (TPSA) is 83.4 Å². The summed E-state index contributed by atoms with van der Waals surface area (Å²) in [6.45, 7) is 1.02. The standard InChI is InChI=1S/C24H26F3IN4O3/c25-24(26,27)16-3-1-2-15(10-16)23(35)30-13-22(34)32(20-11-29-12-20)19-7-5-18(6-8-19)31-14-17(28)4-9-21(31)33/h1-4,9-10,14,18-20,29H,5-8,11-13H2,(H,30,35). The number of amides is 2. The van der Waals surface area contributed by atoms with Crippen molar-refractivity contribution in [2.24, 2.45) is 0 Å². The van der Waals surface area contributed by atoms with Gasteiger partial charge in [0.25, 0.3) is 11.5 Å². The third-order valence-electron chi connectivity index (χ3n) is 6.65. The zero-order valence-corrected chi connectivity index (χ0v) is 21.0. The van der Waals surface area contributed by atoms with Crippen LogP contribution >= 0.6 is 22.6 Å². The van der Waals surface area contributed by atoms with Crippen molar-refractivity contribution in [3.8, 4) is 0 Å². The molecule has 1 aliphatic carbocycles. The van der Waals surface area contributed by atoms with Crippen LogP contribution in [0.25, 0.3) is 0 Å². The molecule has 1 saturated heterocycles. The van der Waals surface area contributed by atoms with Crippen LogP contribution in [0.15, 0.2) is 47.4 Å². The number of nitrogens with one attached hydrogen (secondary N) is 2. The van der Waals surface area contributed by atoms with Gasteiger partial charge >= 0.3 is 6.18 Å². The number of hydrogen-bond donors (Lipinski definition) is 2. The van der Waals surface area contributed by atoms with Crippen molar-refractivity contribution in [1.82, 2.24) is 20.1 Å². The number of carbonyl (C=O) groups excluding carboxylic acids is 2. The van der Waals surface area contributed by atoms with Gasteiger partial charge in [-0.3, -0.25) is 14.4 Å². The van der Waals surface area contributed by atoms with Crippen molar-refractivity contribution in [3.63, 3.8) is 0 Å². The van der Waals surface area contributed by atoms with E-state index in [-0.39, 0.29) is 41.7 Å². The predicted octanol–water partition coefficient (Wildman–Crippen LogP) is 3.19. The van der Waals surface area contributed by atoms with Gasteiger partial charge in [-0.25, -0.2) is 0 Å². The molecule has 0 radical (unpaired) electrons. The monoisotopic (exact) mass is 602 g/mol. The minimum atomic E-state index is -4.55. The molecule has 2 fully saturated rings. The minimum Gasteiger partial charge on any atom is -0.343 e. The molecule has 2 N–H and O–H groups in total. The minimum absolute atomic E-state index is 0.00917. The highest BCUT2D eigenvalue weighted by molar-refractivity contribution is 14.1. The van der Waals surface area contributed by atoms with Crippen LogP contribution in [0.2, 0.25) is 0 Å². The summed E-state index contributed by atoms with van der Waals surface area (Å²) in [6.07, 6.45) is 0.271. The largest absolute Gasteiger partial charge is 0.416 e. The van der Waals surface area contributed by atoms with Crippen LogP contribution in [-0.2, 0) is 11.0 Å². The first-order valence-electron chi connectivity index (χ1n) is 11.5. The Morgan fingerprint density at radius 1 is 1.09 bits per heavy atom. The molecule has 35 heavy (non-hydrogen) atoms. The molecule has 2 aliphatic rings. The fraction of sp³-hybridized carbons (Fsp3) is 0.458. The summed E-state index contributed by atoms with van der Waals surface area (Å²) in [5.41, 5.74) is -1.10. The predicted molar refractivity (Wildman–Crippen MR) is 132 cm³/mol. The van der Waals surface area contributed by atoms with E-state index in [1.54, 1.807) is 16.7 Å². The van der Waals surface area contributed by atoms with Gasteiger partial charge in [0.05, 0.1) is 18.2 Å². The molecule has 0 bridgehead atoms. The summed E-state index contributed by atoms with van der Waals surface area (Å²) in [5, 5.41) is 5.65. The molecule has 1 aromatic carbocycles. The van der Waals surface area contributed by atoms with Crippen molar-refractivity contribution in [1.29, 1.82) is 0 Å². The van der Waals surface area contributed by atoms with Gasteiger partial charge in [-0.15, -0.1) is 0 Å². The first kappa shape index (κ1) is 25.7. The Bertz CT molecular complexity index is 1140. The third kappa shape index (κ3) is 6.05. The van der Waals surface area contributed by atoms with E-state index in [9.17, 15) is 27.6 Å². The number of hydrogen-bond acceptors (Lipinski definition) is 4. The van der Waals surface area contributed by atoms with E-state index in [4.69, 9.17) is 0 Å². The van der Waals surface area contributed by atoms with Crippen molar-refractivity contribution in [3.05, 3.63) is 67.6 Å². The molecule has 1 aliphatic heterocycles. The van der Waals surface area contributed by atoms with Crippen LogP contribution < -0.4 is 16.2 Å². The Kier molecular flexibility index (Phi) is 7.84. The van der Waals surface area contributed by atoms with Gasteiger partial charge < -0.3 is 20.1 Å². The number of carbonyl (C=O) groups is 2. The van der Waals surface area contributed by atoms with Gasteiger partial charge in [-0.05, 0) is 72.5 Å². The molecule has 0 spiro atoms. The zero-order valence-electron chi connectivity index (χ0n) is 18.9. The molecule has 4 rings (SSSR count). The van der Waals surface area contributed by atoms with Crippen LogP contribution in [0, 0.1) is 3.57 Å². The van der Waals surface area contributed by atoms with Crippen LogP contribution in [-0.4, -0.2) is 53.0 Å². The molecule has 2 amide bonds. The fourth-order valence-corrected chi connectivity index (χ4v) is 5.22. The Balaban J connectivity index is 1.38. The summed E-state index contributed by atoms with van der Waals surface area (Å²) < 4.78 is 41.6. The Morgan fingerprint density at radius 2 is 1.80 bits per heavy atom. The Labute approximate surface area is 214 Å². The summed E-state index contributed by atoms with van der Waals surface area (Å²) in [5.74, 6) is -0.982. The number of halogens is 4. The number of benzene rings is 1. The first-order valence-corrected chi connectivity index (χ1v) is 12.6. The van der Waals surface area contributed by atoms with Crippen LogP contribution in [0.3, 0.4) is 0 Å². The number of aromatic nitrogens is 1. The van der Waals surface area contributed by atoms with E-state index < -0.39 is 17.6 Å². The maximum absolute atomic E-state index is 13.1. The van der Waals surface area contributed by atoms with Gasteiger partial charge in [0.1, 0.15) is 0 Å². The van der Waals surface area contributed by atoms with Gasteiger partial charge in [-0.2, -0.15) is 13.2 Å². The molecule has 1 aromatic heterocycles. The number of alkyl halides is 3. The van der Waals surface area contributed by atoms with Crippen molar-refractivity contribution in [2.45, 2.75) is 50.0 Å². The normalized spacial score (nSPS) is 20.7. The third-order valence-corrected chi connectivity index (χ3v) is 7.29. The lowest BCUT2D eigenvalue weighted by molar-refractivity contribution is -0.138. The zero-order chi connectivity index (χ0) is 25.2. The molecule has 11 heteroatoms. The second-order valence-corrected chi connectivity index (χ2v) is 10.2. The summed E-state index contributed by atoms with van der Waals surface area (Å²) in [7, 11) is 0. The van der Waals surface area contributed by atoms with Crippen molar-refractivity contribution >= 4 is 34.4 Å². The smallest absolute Gasteiger partial charge is 0.343 e. The molecular formula is C24H26F3IN4O3.